The highest BCUT2D eigenvalue weighted by atomic mass is 32.2. The Kier molecular flexibility index (Phi) is 6.35. The molecule has 1 aromatic rings. The van der Waals surface area contributed by atoms with E-state index in [4.69, 9.17) is 15.7 Å². The summed E-state index contributed by atoms with van der Waals surface area (Å²) in [6.45, 7) is 3.31. The molecular formula is C15H23N3O2S. The Morgan fingerprint density at radius 2 is 2.29 bits per heavy atom. The molecule has 0 spiro atoms. The fraction of sp³-hybridized carbons (Fsp3) is 0.533. The Morgan fingerprint density at radius 1 is 1.48 bits per heavy atom. The molecule has 3 N–H and O–H groups in total. The van der Waals surface area contributed by atoms with Crippen molar-refractivity contribution < 1.29 is 9.94 Å². The molecule has 1 aliphatic rings. The van der Waals surface area contributed by atoms with Gasteiger partial charge in [-0.05, 0) is 11.6 Å². The van der Waals surface area contributed by atoms with Crippen molar-refractivity contribution in [3.05, 3.63) is 29.8 Å². The fourth-order valence-corrected chi connectivity index (χ4v) is 3.77. The van der Waals surface area contributed by atoms with Crippen LogP contribution in [0.1, 0.15) is 17.9 Å². The molecule has 0 bridgehead atoms. The van der Waals surface area contributed by atoms with Crippen LogP contribution in [0.4, 0.5) is 0 Å². The summed E-state index contributed by atoms with van der Waals surface area (Å²) in [6.07, 6.45) is 0.571. The molecule has 0 amide bonds. The van der Waals surface area contributed by atoms with Crippen LogP contribution < -0.4 is 5.73 Å². The lowest BCUT2D eigenvalue weighted by atomic mass is 10.0. The molecule has 2 rings (SSSR count). The Bertz CT molecular complexity index is 482. The van der Waals surface area contributed by atoms with Gasteiger partial charge in [0.25, 0.3) is 0 Å². The molecule has 1 aromatic carbocycles. The van der Waals surface area contributed by atoms with Gasteiger partial charge < -0.3 is 15.7 Å². The SMILES string of the molecule is COCCN(CCC(N)=NO)CC1CSc2ccccc21. The third-order valence-electron chi connectivity index (χ3n) is 3.70. The van der Waals surface area contributed by atoms with Crippen molar-refractivity contribution in [2.24, 2.45) is 10.9 Å². The Morgan fingerprint density at radius 3 is 3.05 bits per heavy atom. The molecule has 6 heteroatoms. The lowest BCUT2D eigenvalue weighted by Gasteiger charge is -2.25. The van der Waals surface area contributed by atoms with Crippen molar-refractivity contribution >= 4 is 17.6 Å². The molecule has 116 valence electrons. The normalized spacial score (nSPS) is 18.2. The van der Waals surface area contributed by atoms with Gasteiger partial charge in [0.1, 0.15) is 5.84 Å². The number of amidine groups is 1. The van der Waals surface area contributed by atoms with Gasteiger partial charge in [-0.3, -0.25) is 4.90 Å². The maximum absolute atomic E-state index is 8.65. The average molecular weight is 309 g/mol. The predicted octanol–water partition coefficient (Wildman–Crippen LogP) is 1.96. The van der Waals surface area contributed by atoms with Crippen LogP contribution in [0.15, 0.2) is 34.3 Å². The van der Waals surface area contributed by atoms with Gasteiger partial charge >= 0.3 is 0 Å². The first-order valence-corrected chi connectivity index (χ1v) is 8.12. The van der Waals surface area contributed by atoms with E-state index in [0.29, 0.717) is 18.9 Å². The number of methoxy groups -OCH3 is 1. The van der Waals surface area contributed by atoms with E-state index in [-0.39, 0.29) is 5.84 Å². The van der Waals surface area contributed by atoms with E-state index in [9.17, 15) is 0 Å². The number of benzene rings is 1. The van der Waals surface area contributed by atoms with Crippen molar-refractivity contribution in [3.63, 3.8) is 0 Å². The molecule has 1 aliphatic heterocycles. The molecule has 1 unspecified atom stereocenters. The van der Waals surface area contributed by atoms with E-state index >= 15 is 0 Å². The van der Waals surface area contributed by atoms with Crippen LogP contribution in [0, 0.1) is 0 Å². The van der Waals surface area contributed by atoms with Crippen molar-refractivity contribution in [2.75, 3.05) is 39.1 Å². The second kappa shape index (κ2) is 8.26. The highest BCUT2D eigenvalue weighted by molar-refractivity contribution is 7.99. The van der Waals surface area contributed by atoms with Crippen molar-refractivity contribution in [1.29, 1.82) is 0 Å². The summed E-state index contributed by atoms with van der Waals surface area (Å²) in [7, 11) is 1.71. The third-order valence-corrected chi connectivity index (χ3v) is 4.95. The van der Waals surface area contributed by atoms with E-state index in [1.807, 2.05) is 11.8 Å². The fourth-order valence-electron chi connectivity index (χ4n) is 2.53. The molecule has 1 heterocycles. The number of hydrogen-bond acceptors (Lipinski definition) is 5. The average Bonchev–Trinajstić information content (AvgIpc) is 2.92. The number of nitrogens with zero attached hydrogens (tertiary/aromatic N) is 2. The van der Waals surface area contributed by atoms with E-state index in [1.54, 1.807) is 7.11 Å². The Hall–Kier alpha value is -1.24. The predicted molar refractivity (Wildman–Crippen MR) is 86.2 cm³/mol. The van der Waals surface area contributed by atoms with E-state index in [0.717, 1.165) is 25.4 Å². The summed E-state index contributed by atoms with van der Waals surface area (Å²) < 4.78 is 5.18. The van der Waals surface area contributed by atoms with Gasteiger partial charge in [0, 0.05) is 49.7 Å². The van der Waals surface area contributed by atoms with Gasteiger partial charge in [-0.15, -0.1) is 11.8 Å². The lowest BCUT2D eigenvalue weighted by molar-refractivity contribution is 0.146. The van der Waals surface area contributed by atoms with E-state index in [1.165, 1.54) is 10.5 Å². The number of ether oxygens (including phenoxy) is 1. The minimum absolute atomic E-state index is 0.276. The molecule has 0 radical (unpaired) electrons. The van der Waals surface area contributed by atoms with Crippen LogP contribution in [0.2, 0.25) is 0 Å². The second-order valence-corrected chi connectivity index (χ2v) is 6.24. The Labute approximate surface area is 130 Å². The zero-order valence-electron chi connectivity index (χ0n) is 12.4. The number of rotatable bonds is 8. The van der Waals surface area contributed by atoms with Crippen molar-refractivity contribution in [3.8, 4) is 0 Å². The largest absolute Gasteiger partial charge is 0.409 e. The summed E-state index contributed by atoms with van der Waals surface area (Å²) >= 11 is 1.92. The second-order valence-electron chi connectivity index (χ2n) is 5.18. The number of thioether (sulfide) groups is 1. The quantitative estimate of drug-likeness (QED) is 0.332. The van der Waals surface area contributed by atoms with E-state index < -0.39 is 0 Å². The highest BCUT2D eigenvalue weighted by Gasteiger charge is 2.24. The summed E-state index contributed by atoms with van der Waals surface area (Å²) in [5, 5.41) is 11.7. The highest BCUT2D eigenvalue weighted by Crippen LogP contribution is 2.39. The van der Waals surface area contributed by atoms with E-state index in [2.05, 4.69) is 34.3 Å². The summed E-state index contributed by atoms with van der Waals surface area (Å²) in [5.41, 5.74) is 7.01. The van der Waals surface area contributed by atoms with Gasteiger partial charge in [-0.2, -0.15) is 0 Å². The van der Waals surface area contributed by atoms with Crippen LogP contribution in [0.25, 0.3) is 0 Å². The summed E-state index contributed by atoms with van der Waals surface area (Å²) in [5.74, 6) is 1.93. The molecule has 0 aliphatic carbocycles. The van der Waals surface area contributed by atoms with Crippen molar-refractivity contribution in [2.45, 2.75) is 17.2 Å². The zero-order valence-corrected chi connectivity index (χ0v) is 13.2. The van der Waals surface area contributed by atoms with Crippen LogP contribution in [-0.4, -0.2) is 55.0 Å². The first kappa shape index (κ1) is 16.1. The molecule has 0 aromatic heterocycles. The van der Waals surface area contributed by atoms with Gasteiger partial charge in [-0.1, -0.05) is 23.4 Å². The third kappa shape index (κ3) is 4.62. The van der Waals surface area contributed by atoms with Gasteiger partial charge in [0.15, 0.2) is 0 Å². The smallest absolute Gasteiger partial charge is 0.140 e. The standard InChI is InChI=1S/C15H23N3O2S/c1-20-9-8-18(7-6-15(16)17-19)10-12-11-21-14-5-3-2-4-13(12)14/h2-5,12,19H,6-11H2,1H3,(H2,16,17). The monoisotopic (exact) mass is 309 g/mol. The van der Waals surface area contributed by atoms with Gasteiger partial charge in [0.05, 0.1) is 6.61 Å². The number of fused-ring (bicyclic) bond motifs is 1. The number of nitrogens with two attached hydrogens (primary N) is 1. The van der Waals surface area contributed by atoms with Crippen LogP contribution >= 0.6 is 11.8 Å². The van der Waals surface area contributed by atoms with Crippen LogP contribution in [0.5, 0.6) is 0 Å². The molecule has 0 fully saturated rings. The summed E-state index contributed by atoms with van der Waals surface area (Å²) in [6, 6.07) is 8.61. The molecule has 0 saturated heterocycles. The summed E-state index contributed by atoms with van der Waals surface area (Å²) in [4.78, 5) is 3.72. The maximum Gasteiger partial charge on any atom is 0.140 e. The minimum Gasteiger partial charge on any atom is -0.409 e. The topological polar surface area (TPSA) is 71.1 Å². The lowest BCUT2D eigenvalue weighted by Crippen LogP contribution is -2.34. The van der Waals surface area contributed by atoms with Crippen LogP contribution in [0.3, 0.4) is 0 Å². The van der Waals surface area contributed by atoms with Crippen LogP contribution in [-0.2, 0) is 4.74 Å². The van der Waals surface area contributed by atoms with Gasteiger partial charge in [-0.25, -0.2) is 0 Å². The molecular weight excluding hydrogens is 286 g/mol. The molecule has 5 nitrogen and oxygen atoms in total. The first-order valence-electron chi connectivity index (χ1n) is 7.14. The first-order chi connectivity index (χ1) is 10.2. The minimum atomic E-state index is 0.276. The Balaban J connectivity index is 1.95. The molecule has 1 atom stereocenters. The molecule has 21 heavy (non-hydrogen) atoms. The number of oxime groups is 1. The van der Waals surface area contributed by atoms with Gasteiger partial charge in [0.2, 0.25) is 0 Å². The zero-order chi connectivity index (χ0) is 15.1. The van der Waals surface area contributed by atoms with Crippen molar-refractivity contribution in [1.82, 2.24) is 4.90 Å². The maximum atomic E-state index is 8.65. The number of hydrogen-bond donors (Lipinski definition) is 2. The molecule has 0 saturated carbocycles.